The van der Waals surface area contributed by atoms with Crippen LogP contribution in [0.5, 0.6) is 0 Å². The lowest BCUT2D eigenvalue weighted by Gasteiger charge is -2.02. The molecule has 1 aromatic carbocycles. The van der Waals surface area contributed by atoms with Crippen molar-refractivity contribution in [2.45, 2.75) is 16.2 Å². The van der Waals surface area contributed by atoms with Crippen molar-refractivity contribution in [3.63, 3.8) is 0 Å². The number of hydrogen-bond donors (Lipinski definition) is 1. The van der Waals surface area contributed by atoms with E-state index in [4.69, 9.17) is 5.73 Å². The second kappa shape index (κ2) is 4.51. The summed E-state index contributed by atoms with van der Waals surface area (Å²) in [5, 5.41) is 0. The van der Waals surface area contributed by atoms with Gasteiger partial charge in [0.05, 0.1) is 0 Å². The molecule has 15 heavy (non-hydrogen) atoms. The minimum absolute atomic E-state index is 0.760. The lowest BCUT2D eigenvalue weighted by Crippen LogP contribution is -1.87. The summed E-state index contributed by atoms with van der Waals surface area (Å²) in [7, 11) is 0. The number of rotatable bonds is 2. The summed E-state index contributed by atoms with van der Waals surface area (Å²) in [6.07, 6.45) is 0. The van der Waals surface area contributed by atoms with Crippen LogP contribution in [-0.4, -0.2) is 9.36 Å². The van der Waals surface area contributed by atoms with Gasteiger partial charge in [0.25, 0.3) is 0 Å². The van der Waals surface area contributed by atoms with Gasteiger partial charge in [0.15, 0.2) is 4.34 Å². The molecule has 0 radical (unpaired) electrons. The topological polar surface area (TPSA) is 51.8 Å². The fourth-order valence-corrected chi connectivity index (χ4v) is 3.21. The molecule has 1 heterocycles. The third kappa shape index (κ3) is 2.70. The van der Waals surface area contributed by atoms with Gasteiger partial charge in [0, 0.05) is 15.1 Å². The van der Waals surface area contributed by atoms with Crippen molar-refractivity contribution in [3.05, 3.63) is 28.5 Å². The van der Waals surface area contributed by atoms with Gasteiger partial charge < -0.3 is 5.73 Å². The molecule has 78 valence electrons. The molecule has 0 fully saturated rings. The Labute approximate surface area is 104 Å². The van der Waals surface area contributed by atoms with Crippen molar-refractivity contribution in [1.82, 2.24) is 9.36 Å². The highest BCUT2D eigenvalue weighted by atomic mass is 79.9. The SMILES string of the molecule is Cc1nsc(Sc2cc(Br)ccc2N)n1. The Bertz CT molecular complexity index is 484. The van der Waals surface area contributed by atoms with Gasteiger partial charge in [-0.15, -0.1) is 0 Å². The zero-order valence-electron chi connectivity index (χ0n) is 7.90. The number of hydrogen-bond acceptors (Lipinski definition) is 5. The Morgan fingerprint density at radius 1 is 1.47 bits per heavy atom. The van der Waals surface area contributed by atoms with E-state index in [1.165, 1.54) is 23.3 Å². The van der Waals surface area contributed by atoms with E-state index in [0.29, 0.717) is 0 Å². The molecule has 2 aromatic rings. The van der Waals surface area contributed by atoms with Crippen LogP contribution in [0.1, 0.15) is 5.82 Å². The Morgan fingerprint density at radius 3 is 2.93 bits per heavy atom. The van der Waals surface area contributed by atoms with Crippen LogP contribution in [0.25, 0.3) is 0 Å². The second-order valence-electron chi connectivity index (χ2n) is 2.89. The standard InChI is InChI=1S/C9H8BrN3S2/c1-5-12-9(15-13-5)14-8-4-6(10)2-3-7(8)11/h2-4H,11H2,1H3. The molecule has 0 bridgehead atoms. The minimum atomic E-state index is 0.760. The Kier molecular flexibility index (Phi) is 3.28. The van der Waals surface area contributed by atoms with Crippen molar-refractivity contribution in [2.75, 3.05) is 5.73 Å². The first-order valence-electron chi connectivity index (χ1n) is 4.18. The summed E-state index contributed by atoms with van der Waals surface area (Å²) < 4.78 is 6.05. The highest BCUT2D eigenvalue weighted by molar-refractivity contribution is 9.10. The molecule has 0 aliphatic rings. The van der Waals surface area contributed by atoms with Gasteiger partial charge in [-0.05, 0) is 36.7 Å². The lowest BCUT2D eigenvalue weighted by molar-refractivity contribution is 1.10. The van der Waals surface area contributed by atoms with E-state index >= 15 is 0 Å². The van der Waals surface area contributed by atoms with E-state index in [1.54, 1.807) is 0 Å². The zero-order chi connectivity index (χ0) is 10.8. The van der Waals surface area contributed by atoms with Gasteiger partial charge in [-0.3, -0.25) is 0 Å². The molecule has 0 atom stereocenters. The van der Waals surface area contributed by atoms with Crippen LogP contribution in [0.15, 0.2) is 31.9 Å². The molecule has 0 amide bonds. The van der Waals surface area contributed by atoms with E-state index in [0.717, 1.165) is 25.2 Å². The number of nitrogens with zero attached hydrogens (tertiary/aromatic N) is 2. The summed E-state index contributed by atoms with van der Waals surface area (Å²) >= 11 is 6.34. The normalized spacial score (nSPS) is 10.5. The average molecular weight is 302 g/mol. The van der Waals surface area contributed by atoms with Crippen molar-refractivity contribution in [3.8, 4) is 0 Å². The Morgan fingerprint density at radius 2 is 2.27 bits per heavy atom. The molecule has 0 unspecified atom stereocenters. The molecular formula is C9H8BrN3S2. The maximum atomic E-state index is 5.86. The number of nitrogens with two attached hydrogens (primary N) is 1. The first-order valence-corrected chi connectivity index (χ1v) is 6.56. The number of aryl methyl sites for hydroxylation is 1. The van der Waals surface area contributed by atoms with Gasteiger partial charge >= 0.3 is 0 Å². The van der Waals surface area contributed by atoms with Gasteiger partial charge in [-0.25, -0.2) is 4.98 Å². The van der Waals surface area contributed by atoms with E-state index < -0.39 is 0 Å². The van der Waals surface area contributed by atoms with Gasteiger partial charge in [-0.1, -0.05) is 27.7 Å². The summed E-state index contributed by atoms with van der Waals surface area (Å²) in [5.74, 6) is 0.802. The van der Waals surface area contributed by atoms with E-state index in [1.807, 2.05) is 25.1 Å². The van der Waals surface area contributed by atoms with E-state index in [9.17, 15) is 0 Å². The van der Waals surface area contributed by atoms with Gasteiger partial charge in [-0.2, -0.15) is 4.37 Å². The molecule has 0 aliphatic carbocycles. The quantitative estimate of drug-likeness (QED) is 0.864. The van der Waals surface area contributed by atoms with Crippen LogP contribution in [0, 0.1) is 6.92 Å². The monoisotopic (exact) mass is 301 g/mol. The molecule has 0 saturated heterocycles. The summed E-state index contributed by atoms with van der Waals surface area (Å²) in [5.41, 5.74) is 6.62. The third-order valence-electron chi connectivity index (χ3n) is 1.68. The average Bonchev–Trinajstić information content (AvgIpc) is 2.58. The summed E-state index contributed by atoms with van der Waals surface area (Å²) in [6, 6.07) is 5.78. The van der Waals surface area contributed by atoms with Gasteiger partial charge in [0.1, 0.15) is 5.82 Å². The first kappa shape index (κ1) is 10.9. The second-order valence-corrected chi connectivity index (χ2v) is 5.85. The molecule has 3 nitrogen and oxygen atoms in total. The number of halogens is 1. The highest BCUT2D eigenvalue weighted by Gasteiger charge is 2.06. The third-order valence-corrected chi connectivity index (χ3v) is 4.09. The van der Waals surface area contributed by atoms with Crippen LogP contribution < -0.4 is 5.73 Å². The predicted octanol–water partition coefficient (Wildman–Crippen LogP) is 3.34. The van der Waals surface area contributed by atoms with Crippen molar-refractivity contribution in [1.29, 1.82) is 0 Å². The van der Waals surface area contributed by atoms with Crippen LogP contribution >= 0.6 is 39.2 Å². The van der Waals surface area contributed by atoms with E-state index in [-0.39, 0.29) is 0 Å². The zero-order valence-corrected chi connectivity index (χ0v) is 11.1. The molecular weight excluding hydrogens is 294 g/mol. The van der Waals surface area contributed by atoms with Crippen molar-refractivity contribution < 1.29 is 0 Å². The Balaban J connectivity index is 2.27. The maximum absolute atomic E-state index is 5.86. The van der Waals surface area contributed by atoms with Gasteiger partial charge in [0.2, 0.25) is 0 Å². The molecule has 0 aliphatic heterocycles. The fourth-order valence-electron chi connectivity index (χ4n) is 1.01. The fraction of sp³-hybridized carbons (Fsp3) is 0.111. The maximum Gasteiger partial charge on any atom is 0.174 e. The molecule has 2 rings (SSSR count). The molecule has 6 heteroatoms. The smallest absolute Gasteiger partial charge is 0.174 e. The summed E-state index contributed by atoms with van der Waals surface area (Å²) in [6.45, 7) is 1.88. The minimum Gasteiger partial charge on any atom is -0.398 e. The van der Waals surface area contributed by atoms with Crippen LogP contribution in [0.2, 0.25) is 0 Å². The predicted molar refractivity (Wildman–Crippen MR) is 67.3 cm³/mol. The highest BCUT2D eigenvalue weighted by Crippen LogP contribution is 2.34. The molecule has 2 N–H and O–H groups in total. The number of aromatic nitrogens is 2. The van der Waals surface area contributed by atoms with Crippen LogP contribution in [0.4, 0.5) is 5.69 Å². The number of benzene rings is 1. The van der Waals surface area contributed by atoms with Crippen molar-refractivity contribution >= 4 is 44.9 Å². The molecule has 0 saturated carbocycles. The van der Waals surface area contributed by atoms with E-state index in [2.05, 4.69) is 25.3 Å². The largest absolute Gasteiger partial charge is 0.398 e. The summed E-state index contributed by atoms with van der Waals surface area (Å²) in [4.78, 5) is 5.28. The number of anilines is 1. The molecule has 0 spiro atoms. The van der Waals surface area contributed by atoms with Crippen molar-refractivity contribution in [2.24, 2.45) is 0 Å². The first-order chi connectivity index (χ1) is 7.15. The van der Waals surface area contributed by atoms with Crippen LogP contribution in [0.3, 0.4) is 0 Å². The number of nitrogen functional groups attached to an aromatic ring is 1. The molecule has 1 aromatic heterocycles. The Hall–Kier alpha value is -0.590. The van der Waals surface area contributed by atoms with Crippen LogP contribution in [-0.2, 0) is 0 Å². The lowest BCUT2D eigenvalue weighted by atomic mass is 10.3.